The van der Waals surface area contributed by atoms with E-state index in [0.29, 0.717) is 0 Å². The summed E-state index contributed by atoms with van der Waals surface area (Å²) in [6, 6.07) is 0. The first-order chi connectivity index (χ1) is 9.49. The van der Waals surface area contributed by atoms with E-state index in [0.717, 1.165) is 11.4 Å². The van der Waals surface area contributed by atoms with Crippen molar-refractivity contribution >= 4 is 5.71 Å². The maximum absolute atomic E-state index is 4.77. The Morgan fingerprint density at radius 1 is 0.850 bits per heavy atom. The van der Waals surface area contributed by atoms with Gasteiger partial charge in [-0.3, -0.25) is 4.99 Å². The van der Waals surface area contributed by atoms with E-state index >= 15 is 0 Å². The fourth-order valence-electron chi connectivity index (χ4n) is 4.48. The maximum atomic E-state index is 4.77. The van der Waals surface area contributed by atoms with Gasteiger partial charge < -0.3 is 0 Å². The molecule has 0 aromatic rings. The van der Waals surface area contributed by atoms with Gasteiger partial charge in [0.25, 0.3) is 0 Å². The van der Waals surface area contributed by atoms with Crippen molar-refractivity contribution < 1.29 is 0 Å². The van der Waals surface area contributed by atoms with Crippen molar-refractivity contribution in [2.24, 2.45) is 15.8 Å². The van der Waals surface area contributed by atoms with Crippen molar-refractivity contribution in [3.05, 3.63) is 70.5 Å². The molecule has 0 amide bonds. The molecule has 0 aromatic heterocycles. The van der Waals surface area contributed by atoms with E-state index in [1.807, 2.05) is 0 Å². The van der Waals surface area contributed by atoms with Crippen LogP contribution in [0.2, 0.25) is 0 Å². The number of rotatable bonds is 0. The summed E-state index contributed by atoms with van der Waals surface area (Å²) in [6.07, 6.45) is 15.8. The lowest BCUT2D eigenvalue weighted by Crippen LogP contribution is -2.49. The van der Waals surface area contributed by atoms with Crippen LogP contribution in [0.3, 0.4) is 0 Å². The highest BCUT2D eigenvalue weighted by molar-refractivity contribution is 6.03. The first-order valence-corrected chi connectivity index (χ1v) is 7.26. The van der Waals surface area contributed by atoms with Gasteiger partial charge in [0.15, 0.2) is 0 Å². The summed E-state index contributed by atoms with van der Waals surface area (Å²) in [5, 5.41) is 0. The highest BCUT2D eigenvalue weighted by atomic mass is 14.8. The van der Waals surface area contributed by atoms with Gasteiger partial charge in [-0.05, 0) is 36.1 Å². The van der Waals surface area contributed by atoms with Gasteiger partial charge in [0.05, 0.1) is 0 Å². The second kappa shape index (κ2) is 3.41. The molecule has 1 heterocycles. The molecular weight excluding hydrogens is 242 g/mol. The Kier molecular flexibility index (Phi) is 2.03. The molecule has 0 N–H and O–H groups in total. The first-order valence-electron chi connectivity index (χ1n) is 7.26. The molecule has 100 valence electrons. The third-order valence-electron chi connectivity index (χ3n) is 5.76. The summed E-state index contributed by atoms with van der Waals surface area (Å²) < 4.78 is 0. The van der Waals surface area contributed by atoms with Gasteiger partial charge in [0, 0.05) is 22.2 Å². The van der Waals surface area contributed by atoms with E-state index in [4.69, 9.17) is 4.99 Å². The predicted molar refractivity (Wildman–Crippen MR) is 84.6 cm³/mol. The van der Waals surface area contributed by atoms with Crippen LogP contribution < -0.4 is 0 Å². The number of aliphatic imine (C=N–C) groups is 1. The lowest BCUT2D eigenvalue weighted by molar-refractivity contribution is 0.250. The minimum Gasteiger partial charge on any atom is -0.258 e. The Morgan fingerprint density at radius 2 is 1.60 bits per heavy atom. The molecule has 3 aliphatic carbocycles. The first kappa shape index (κ1) is 11.9. The summed E-state index contributed by atoms with van der Waals surface area (Å²) in [7, 11) is 0. The van der Waals surface area contributed by atoms with Gasteiger partial charge in [0.2, 0.25) is 0 Å². The molecule has 0 saturated carbocycles. The van der Waals surface area contributed by atoms with Crippen LogP contribution in [0.4, 0.5) is 0 Å². The molecule has 4 aliphatic rings. The third-order valence-corrected chi connectivity index (χ3v) is 5.76. The van der Waals surface area contributed by atoms with E-state index in [1.54, 1.807) is 0 Å². The third kappa shape index (κ3) is 1.05. The van der Waals surface area contributed by atoms with Gasteiger partial charge >= 0.3 is 0 Å². The monoisotopic (exact) mass is 261 g/mol. The molecule has 0 spiro atoms. The summed E-state index contributed by atoms with van der Waals surface area (Å²) in [6.45, 7) is 9.05. The SMILES string of the molecule is CC1=NC(C)=C2C=CC3=CC=CC4=CC=C1C2(C)C34C. The van der Waals surface area contributed by atoms with Crippen LogP contribution in [0.25, 0.3) is 0 Å². The van der Waals surface area contributed by atoms with Crippen molar-refractivity contribution in [3.63, 3.8) is 0 Å². The minimum atomic E-state index is -0.00164. The number of nitrogens with zero attached hydrogens (tertiary/aromatic N) is 1. The van der Waals surface area contributed by atoms with Gasteiger partial charge in [-0.2, -0.15) is 0 Å². The molecule has 0 fully saturated rings. The zero-order chi connectivity index (χ0) is 14.1. The number of hydrogen-bond donors (Lipinski definition) is 0. The summed E-state index contributed by atoms with van der Waals surface area (Å²) in [4.78, 5) is 4.77. The number of hydrogen-bond acceptors (Lipinski definition) is 1. The van der Waals surface area contributed by atoms with E-state index in [9.17, 15) is 0 Å². The molecule has 1 heteroatoms. The molecule has 0 aromatic carbocycles. The van der Waals surface area contributed by atoms with E-state index in [-0.39, 0.29) is 10.8 Å². The van der Waals surface area contributed by atoms with Crippen LogP contribution in [-0.2, 0) is 0 Å². The van der Waals surface area contributed by atoms with Crippen molar-refractivity contribution in [2.45, 2.75) is 27.7 Å². The van der Waals surface area contributed by atoms with Crippen molar-refractivity contribution in [3.8, 4) is 0 Å². The fourth-order valence-corrected chi connectivity index (χ4v) is 4.48. The van der Waals surface area contributed by atoms with Crippen molar-refractivity contribution in [1.82, 2.24) is 0 Å². The van der Waals surface area contributed by atoms with Crippen molar-refractivity contribution in [1.29, 1.82) is 0 Å². The van der Waals surface area contributed by atoms with Gasteiger partial charge in [-0.15, -0.1) is 0 Å². The van der Waals surface area contributed by atoms with Crippen LogP contribution >= 0.6 is 0 Å². The highest BCUT2D eigenvalue weighted by Crippen LogP contribution is 2.65. The molecule has 2 unspecified atom stereocenters. The highest BCUT2D eigenvalue weighted by Gasteiger charge is 2.57. The predicted octanol–water partition coefficient (Wildman–Crippen LogP) is 4.68. The second-order valence-electron chi connectivity index (χ2n) is 6.46. The topological polar surface area (TPSA) is 12.4 Å². The van der Waals surface area contributed by atoms with Crippen LogP contribution in [0.15, 0.2) is 75.5 Å². The van der Waals surface area contributed by atoms with Crippen LogP contribution in [-0.4, -0.2) is 5.71 Å². The summed E-state index contributed by atoms with van der Waals surface area (Å²) >= 11 is 0. The number of allylic oxidation sites excluding steroid dienone is 12. The Labute approximate surface area is 120 Å². The van der Waals surface area contributed by atoms with Gasteiger partial charge in [0.1, 0.15) is 0 Å². The average Bonchev–Trinajstić information content (AvgIpc) is 2.39. The maximum Gasteiger partial charge on any atom is 0.0417 e. The minimum absolute atomic E-state index is 0.00164. The Balaban J connectivity index is 2.17. The zero-order valence-electron chi connectivity index (χ0n) is 12.5. The van der Waals surface area contributed by atoms with E-state index in [2.05, 4.69) is 70.2 Å². The second-order valence-corrected chi connectivity index (χ2v) is 6.46. The largest absolute Gasteiger partial charge is 0.258 e. The molecule has 4 rings (SSSR count). The quantitative estimate of drug-likeness (QED) is 0.600. The lowest BCUT2D eigenvalue weighted by Gasteiger charge is -2.56. The molecule has 0 radical (unpaired) electrons. The summed E-state index contributed by atoms with van der Waals surface area (Å²) in [5.74, 6) is 0. The van der Waals surface area contributed by atoms with Gasteiger partial charge in [-0.1, -0.05) is 56.4 Å². The average molecular weight is 261 g/mol. The van der Waals surface area contributed by atoms with Gasteiger partial charge in [-0.25, -0.2) is 0 Å². The van der Waals surface area contributed by atoms with E-state index < -0.39 is 0 Å². The van der Waals surface area contributed by atoms with Crippen molar-refractivity contribution in [2.75, 3.05) is 0 Å². The Morgan fingerprint density at radius 3 is 2.40 bits per heavy atom. The van der Waals surface area contributed by atoms with Crippen LogP contribution in [0.5, 0.6) is 0 Å². The van der Waals surface area contributed by atoms with Crippen LogP contribution in [0.1, 0.15) is 27.7 Å². The normalized spacial score (nSPS) is 37.0. The fraction of sp³-hybridized carbons (Fsp3) is 0.316. The molecule has 0 saturated heterocycles. The van der Waals surface area contributed by atoms with E-state index in [1.165, 1.54) is 22.3 Å². The molecule has 1 aliphatic heterocycles. The smallest absolute Gasteiger partial charge is 0.0417 e. The molecule has 1 nitrogen and oxygen atoms in total. The summed E-state index contributed by atoms with van der Waals surface area (Å²) in [5.41, 5.74) is 7.90. The van der Waals surface area contributed by atoms with Crippen LogP contribution in [0, 0.1) is 10.8 Å². The Bertz CT molecular complexity index is 749. The zero-order valence-corrected chi connectivity index (χ0v) is 12.5. The standard InChI is InChI=1S/C19H19N/c1-12-16-10-8-14-6-5-7-15-9-11-17(13(2)20-12)19(16,4)18(14,15)3/h5-11H,1-4H3. The molecule has 0 bridgehead atoms. The molecule has 20 heavy (non-hydrogen) atoms. The Hall–Kier alpha value is -1.89. The molecule has 2 atom stereocenters. The molecular formula is C19H19N. The lowest BCUT2D eigenvalue weighted by atomic mass is 9.46.